The Morgan fingerprint density at radius 2 is 1.67 bits per heavy atom. The molecule has 1 saturated carbocycles. The molecular weight excluding hydrogens is 347 g/mol. The molecule has 2 aromatic carbocycles. The molecule has 1 fully saturated rings. The highest BCUT2D eigenvalue weighted by Gasteiger charge is 2.44. The van der Waals surface area contributed by atoms with Gasteiger partial charge in [0.05, 0.1) is 0 Å². The van der Waals surface area contributed by atoms with E-state index in [1.54, 1.807) is 51.1 Å². The van der Waals surface area contributed by atoms with Crippen LogP contribution in [0.2, 0.25) is 0 Å². The summed E-state index contributed by atoms with van der Waals surface area (Å²) in [6, 6.07) is 13.2. The fourth-order valence-electron chi connectivity index (χ4n) is 2.88. The van der Waals surface area contributed by atoms with E-state index in [1.165, 1.54) is 12.1 Å². The zero-order valence-electron chi connectivity index (χ0n) is 15.6. The number of anilines is 2. The number of amides is 2. The van der Waals surface area contributed by atoms with Crippen molar-refractivity contribution in [3.05, 3.63) is 59.9 Å². The van der Waals surface area contributed by atoms with Crippen molar-refractivity contribution in [3.63, 3.8) is 0 Å². The zero-order chi connectivity index (χ0) is 19.6. The standard InChI is InChI=1S/C21H23FN2O3/c1-21(2,3)27-20(26)24-16-9-7-15(8-10-16)23-19(25)18-12-17(18)13-5-4-6-14(22)11-13/h4-11,17-18H,12H2,1-3H3,(H,23,25)(H,24,26). The summed E-state index contributed by atoms with van der Waals surface area (Å²) in [5.74, 6) is -0.455. The maximum atomic E-state index is 13.3. The predicted molar refractivity (Wildman–Crippen MR) is 102 cm³/mol. The summed E-state index contributed by atoms with van der Waals surface area (Å²) in [5.41, 5.74) is 1.50. The van der Waals surface area contributed by atoms with Crippen molar-refractivity contribution in [3.8, 4) is 0 Å². The molecule has 0 bridgehead atoms. The minimum absolute atomic E-state index is 0.0637. The van der Waals surface area contributed by atoms with Gasteiger partial charge in [-0.05, 0) is 75.1 Å². The van der Waals surface area contributed by atoms with E-state index >= 15 is 0 Å². The van der Waals surface area contributed by atoms with E-state index < -0.39 is 11.7 Å². The van der Waals surface area contributed by atoms with Crippen LogP contribution in [0.4, 0.5) is 20.6 Å². The van der Waals surface area contributed by atoms with Crippen LogP contribution in [0.25, 0.3) is 0 Å². The molecule has 0 spiro atoms. The average Bonchev–Trinajstić information content (AvgIpc) is 3.36. The Bertz CT molecular complexity index is 843. The van der Waals surface area contributed by atoms with E-state index in [0.29, 0.717) is 17.8 Å². The van der Waals surface area contributed by atoms with Crippen molar-refractivity contribution in [2.45, 2.75) is 38.7 Å². The van der Waals surface area contributed by atoms with Gasteiger partial charge in [-0.2, -0.15) is 0 Å². The number of nitrogens with one attached hydrogen (secondary N) is 2. The fraction of sp³-hybridized carbons (Fsp3) is 0.333. The van der Waals surface area contributed by atoms with Gasteiger partial charge >= 0.3 is 6.09 Å². The van der Waals surface area contributed by atoms with E-state index in [9.17, 15) is 14.0 Å². The maximum Gasteiger partial charge on any atom is 0.412 e. The lowest BCUT2D eigenvalue weighted by atomic mass is 10.1. The van der Waals surface area contributed by atoms with Gasteiger partial charge in [0.2, 0.25) is 5.91 Å². The molecule has 0 aromatic heterocycles. The molecule has 2 atom stereocenters. The number of carbonyl (C=O) groups excluding carboxylic acids is 2. The van der Waals surface area contributed by atoms with Gasteiger partial charge in [-0.25, -0.2) is 9.18 Å². The quantitative estimate of drug-likeness (QED) is 0.803. The van der Waals surface area contributed by atoms with Gasteiger partial charge in [-0.3, -0.25) is 10.1 Å². The highest BCUT2D eigenvalue weighted by atomic mass is 19.1. The highest BCUT2D eigenvalue weighted by Crippen LogP contribution is 2.48. The largest absolute Gasteiger partial charge is 0.444 e. The van der Waals surface area contributed by atoms with Gasteiger partial charge in [0.15, 0.2) is 0 Å². The highest BCUT2D eigenvalue weighted by molar-refractivity contribution is 5.95. The molecule has 0 heterocycles. The summed E-state index contributed by atoms with van der Waals surface area (Å²) in [5, 5.41) is 5.50. The monoisotopic (exact) mass is 370 g/mol. The minimum Gasteiger partial charge on any atom is -0.444 e. The number of ether oxygens (including phenoxy) is 1. The van der Waals surface area contributed by atoms with Crippen LogP contribution >= 0.6 is 0 Å². The first-order chi connectivity index (χ1) is 12.7. The first-order valence-electron chi connectivity index (χ1n) is 8.88. The summed E-state index contributed by atoms with van der Waals surface area (Å²) in [6.45, 7) is 5.38. The van der Waals surface area contributed by atoms with Crippen LogP contribution in [0.1, 0.15) is 38.7 Å². The van der Waals surface area contributed by atoms with Crippen LogP contribution in [-0.4, -0.2) is 17.6 Å². The Kier molecular flexibility index (Phi) is 5.17. The summed E-state index contributed by atoms with van der Waals surface area (Å²) in [7, 11) is 0. The number of hydrogen-bond acceptors (Lipinski definition) is 3. The molecule has 0 radical (unpaired) electrons. The second-order valence-electron chi connectivity index (χ2n) is 7.70. The lowest BCUT2D eigenvalue weighted by Crippen LogP contribution is -2.27. The van der Waals surface area contributed by atoms with Gasteiger partial charge in [-0.1, -0.05) is 12.1 Å². The Morgan fingerprint density at radius 3 is 2.26 bits per heavy atom. The second-order valence-corrected chi connectivity index (χ2v) is 7.70. The predicted octanol–water partition coefficient (Wildman–Crippen LogP) is 4.91. The number of benzene rings is 2. The van der Waals surface area contributed by atoms with E-state index in [-0.39, 0.29) is 23.6 Å². The first-order valence-corrected chi connectivity index (χ1v) is 8.88. The molecule has 5 nitrogen and oxygen atoms in total. The molecule has 1 aliphatic carbocycles. The third-order valence-corrected chi connectivity index (χ3v) is 4.20. The van der Waals surface area contributed by atoms with Crippen LogP contribution in [0.5, 0.6) is 0 Å². The molecule has 6 heteroatoms. The SMILES string of the molecule is CC(C)(C)OC(=O)Nc1ccc(NC(=O)C2CC2c2cccc(F)c2)cc1. The second kappa shape index (κ2) is 7.39. The molecule has 2 unspecified atom stereocenters. The Hall–Kier alpha value is -2.89. The smallest absolute Gasteiger partial charge is 0.412 e. The molecule has 0 saturated heterocycles. The molecule has 27 heavy (non-hydrogen) atoms. The third kappa shape index (κ3) is 5.29. The molecule has 3 rings (SSSR count). The van der Waals surface area contributed by atoms with E-state index in [0.717, 1.165) is 5.56 Å². The van der Waals surface area contributed by atoms with Crippen LogP contribution in [0.3, 0.4) is 0 Å². The Morgan fingerprint density at radius 1 is 1.04 bits per heavy atom. The van der Waals surface area contributed by atoms with Gasteiger partial charge < -0.3 is 10.1 Å². The van der Waals surface area contributed by atoms with Crippen molar-refractivity contribution >= 4 is 23.4 Å². The number of carbonyl (C=O) groups is 2. The molecule has 1 aliphatic rings. The fourth-order valence-corrected chi connectivity index (χ4v) is 2.88. The average molecular weight is 370 g/mol. The molecular formula is C21H23FN2O3. The van der Waals surface area contributed by atoms with E-state index in [4.69, 9.17) is 4.74 Å². The lowest BCUT2D eigenvalue weighted by molar-refractivity contribution is -0.117. The third-order valence-electron chi connectivity index (χ3n) is 4.20. The first kappa shape index (κ1) is 18.9. The molecule has 2 aromatic rings. The minimum atomic E-state index is -0.569. The summed E-state index contributed by atoms with van der Waals surface area (Å²) < 4.78 is 18.5. The van der Waals surface area contributed by atoms with Crippen molar-refractivity contribution in [2.75, 3.05) is 10.6 Å². The van der Waals surface area contributed by atoms with Crippen LogP contribution in [0.15, 0.2) is 48.5 Å². The van der Waals surface area contributed by atoms with Crippen molar-refractivity contribution in [1.82, 2.24) is 0 Å². The molecule has 2 N–H and O–H groups in total. The van der Waals surface area contributed by atoms with E-state index in [2.05, 4.69) is 10.6 Å². The van der Waals surface area contributed by atoms with Crippen molar-refractivity contribution in [1.29, 1.82) is 0 Å². The number of halogens is 1. The molecule has 0 aliphatic heterocycles. The normalized spacial score (nSPS) is 18.5. The zero-order valence-corrected chi connectivity index (χ0v) is 15.6. The summed E-state index contributed by atoms with van der Waals surface area (Å²) in [4.78, 5) is 24.1. The van der Waals surface area contributed by atoms with Gasteiger partial charge in [0.1, 0.15) is 11.4 Å². The van der Waals surface area contributed by atoms with E-state index in [1.807, 2.05) is 6.07 Å². The van der Waals surface area contributed by atoms with Crippen LogP contribution in [0, 0.1) is 11.7 Å². The van der Waals surface area contributed by atoms with Gasteiger partial charge in [0.25, 0.3) is 0 Å². The summed E-state index contributed by atoms with van der Waals surface area (Å²) >= 11 is 0. The topological polar surface area (TPSA) is 67.4 Å². The van der Waals surface area contributed by atoms with Crippen molar-refractivity contribution < 1.29 is 18.7 Å². The number of rotatable bonds is 4. The summed E-state index contributed by atoms with van der Waals surface area (Å²) in [6.07, 6.45) is 0.184. The van der Waals surface area contributed by atoms with Crippen LogP contribution < -0.4 is 10.6 Å². The number of hydrogen-bond donors (Lipinski definition) is 2. The van der Waals surface area contributed by atoms with Gasteiger partial charge in [0, 0.05) is 17.3 Å². The van der Waals surface area contributed by atoms with Crippen molar-refractivity contribution in [2.24, 2.45) is 5.92 Å². The lowest BCUT2D eigenvalue weighted by Gasteiger charge is -2.19. The Balaban J connectivity index is 1.53. The van der Waals surface area contributed by atoms with Crippen LogP contribution in [-0.2, 0) is 9.53 Å². The maximum absolute atomic E-state index is 13.3. The Labute approximate surface area is 157 Å². The van der Waals surface area contributed by atoms with Gasteiger partial charge in [-0.15, -0.1) is 0 Å². The molecule has 2 amide bonds. The molecule has 142 valence electrons.